The first-order valence-corrected chi connectivity index (χ1v) is 7.52. The highest BCUT2D eigenvalue weighted by Gasteiger charge is 2.52. The lowest BCUT2D eigenvalue weighted by molar-refractivity contribution is 0.0602. The number of carbonyl (C=O) groups excluding carboxylic acids is 1. The van der Waals surface area contributed by atoms with Gasteiger partial charge < -0.3 is 15.1 Å². The number of fused-ring (bicyclic) bond motifs is 2. The third-order valence-corrected chi connectivity index (χ3v) is 4.46. The molecule has 2 aliphatic rings. The molecule has 2 aromatic carbocycles. The molecule has 0 bridgehead atoms. The maximum Gasteiger partial charge on any atom is 0.204 e. The summed E-state index contributed by atoms with van der Waals surface area (Å²) in [6.07, 6.45) is 0.285. The molecule has 0 saturated carbocycles. The molecular formula is C18H16N2O3. The molecule has 2 N–H and O–H groups in total. The standard InChI is InChI=1S/C18H16N2O3/c1-11-5-6-15-14(9-11)16(22)18(23)7-8-20(17(18)19-15)12-3-2-4-13(21)10-12/h2-6,9-10,21,23H,7-8H2,1H3/t18-/m0/s1. The lowest BCUT2D eigenvalue weighted by atomic mass is 9.87. The van der Waals surface area contributed by atoms with Gasteiger partial charge in [-0.05, 0) is 31.2 Å². The van der Waals surface area contributed by atoms with Crippen molar-refractivity contribution in [2.24, 2.45) is 4.99 Å². The van der Waals surface area contributed by atoms with Gasteiger partial charge in [-0.3, -0.25) is 4.79 Å². The number of aliphatic hydroxyl groups is 1. The van der Waals surface area contributed by atoms with Gasteiger partial charge in [0.25, 0.3) is 0 Å². The van der Waals surface area contributed by atoms with Crippen LogP contribution in [0.2, 0.25) is 0 Å². The van der Waals surface area contributed by atoms with E-state index in [0.29, 0.717) is 29.3 Å². The number of anilines is 1. The summed E-state index contributed by atoms with van der Waals surface area (Å²) < 4.78 is 0. The average Bonchev–Trinajstić information content (AvgIpc) is 2.87. The van der Waals surface area contributed by atoms with Gasteiger partial charge in [-0.15, -0.1) is 0 Å². The maximum atomic E-state index is 12.8. The Labute approximate surface area is 133 Å². The molecule has 0 amide bonds. The Morgan fingerprint density at radius 1 is 1.22 bits per heavy atom. The summed E-state index contributed by atoms with van der Waals surface area (Å²) >= 11 is 0. The second kappa shape index (κ2) is 4.67. The molecule has 2 aromatic rings. The van der Waals surface area contributed by atoms with Gasteiger partial charge in [0.15, 0.2) is 5.60 Å². The normalized spacial score (nSPS) is 22.6. The van der Waals surface area contributed by atoms with Crippen LogP contribution >= 0.6 is 0 Å². The summed E-state index contributed by atoms with van der Waals surface area (Å²) in [6, 6.07) is 12.2. The lowest BCUT2D eigenvalue weighted by Crippen LogP contribution is -2.48. The van der Waals surface area contributed by atoms with Crippen molar-refractivity contribution >= 4 is 23.0 Å². The van der Waals surface area contributed by atoms with Crippen molar-refractivity contribution in [3.05, 3.63) is 53.6 Å². The first-order valence-electron chi connectivity index (χ1n) is 7.52. The van der Waals surface area contributed by atoms with E-state index in [1.54, 1.807) is 35.2 Å². The third-order valence-electron chi connectivity index (χ3n) is 4.46. The van der Waals surface area contributed by atoms with Crippen LogP contribution < -0.4 is 4.90 Å². The SMILES string of the molecule is Cc1ccc2c(c1)C(=O)[C@@]1(O)CCN(c3cccc(O)c3)C1=N2. The molecule has 2 aliphatic heterocycles. The van der Waals surface area contributed by atoms with E-state index in [2.05, 4.69) is 4.99 Å². The minimum atomic E-state index is -1.59. The van der Waals surface area contributed by atoms with Crippen LogP contribution in [-0.2, 0) is 0 Å². The molecule has 5 heteroatoms. The number of aromatic hydroxyl groups is 1. The van der Waals surface area contributed by atoms with E-state index in [1.807, 2.05) is 19.1 Å². The van der Waals surface area contributed by atoms with Crippen LogP contribution in [0.5, 0.6) is 5.75 Å². The summed E-state index contributed by atoms with van der Waals surface area (Å²) in [6.45, 7) is 2.38. The molecule has 2 heterocycles. The van der Waals surface area contributed by atoms with Crippen molar-refractivity contribution in [3.63, 3.8) is 0 Å². The Hall–Kier alpha value is -2.66. The van der Waals surface area contributed by atoms with E-state index in [9.17, 15) is 15.0 Å². The van der Waals surface area contributed by atoms with Crippen molar-refractivity contribution in [1.82, 2.24) is 0 Å². The largest absolute Gasteiger partial charge is 0.508 e. The minimum Gasteiger partial charge on any atom is -0.508 e. The highest BCUT2D eigenvalue weighted by atomic mass is 16.3. The smallest absolute Gasteiger partial charge is 0.204 e. The number of nitrogens with zero attached hydrogens (tertiary/aromatic N) is 2. The third kappa shape index (κ3) is 1.97. The van der Waals surface area contributed by atoms with Crippen molar-refractivity contribution in [2.75, 3.05) is 11.4 Å². The van der Waals surface area contributed by atoms with Crippen molar-refractivity contribution in [2.45, 2.75) is 18.9 Å². The van der Waals surface area contributed by atoms with Gasteiger partial charge in [-0.2, -0.15) is 0 Å². The zero-order chi connectivity index (χ0) is 16.2. The van der Waals surface area contributed by atoms with Gasteiger partial charge in [0.2, 0.25) is 5.78 Å². The predicted molar refractivity (Wildman–Crippen MR) is 87.6 cm³/mol. The zero-order valence-electron chi connectivity index (χ0n) is 12.7. The van der Waals surface area contributed by atoms with Gasteiger partial charge in [-0.25, -0.2) is 4.99 Å². The Morgan fingerprint density at radius 3 is 2.83 bits per heavy atom. The molecule has 0 unspecified atom stereocenters. The fraction of sp³-hybridized carbons (Fsp3) is 0.222. The second-order valence-corrected chi connectivity index (χ2v) is 6.07. The van der Waals surface area contributed by atoms with Crippen LogP contribution in [0.1, 0.15) is 22.3 Å². The summed E-state index contributed by atoms with van der Waals surface area (Å²) in [5, 5.41) is 20.6. The molecule has 0 radical (unpaired) electrons. The molecule has 1 fully saturated rings. The summed E-state index contributed by atoms with van der Waals surface area (Å²) in [7, 11) is 0. The van der Waals surface area contributed by atoms with Crippen LogP contribution in [0, 0.1) is 6.92 Å². The molecular weight excluding hydrogens is 292 g/mol. The number of benzene rings is 2. The number of aliphatic imine (C=N–C) groups is 1. The number of hydrogen-bond acceptors (Lipinski definition) is 5. The molecule has 5 nitrogen and oxygen atoms in total. The minimum absolute atomic E-state index is 0.136. The molecule has 4 rings (SSSR count). The number of rotatable bonds is 1. The van der Waals surface area contributed by atoms with Crippen LogP contribution in [-0.4, -0.2) is 34.0 Å². The second-order valence-electron chi connectivity index (χ2n) is 6.07. The van der Waals surface area contributed by atoms with Crippen molar-refractivity contribution < 1.29 is 15.0 Å². The Kier molecular flexibility index (Phi) is 2.83. The van der Waals surface area contributed by atoms with Crippen molar-refractivity contribution in [3.8, 4) is 5.75 Å². The van der Waals surface area contributed by atoms with Gasteiger partial charge in [-0.1, -0.05) is 17.7 Å². The number of amidine groups is 1. The highest BCUT2D eigenvalue weighted by Crippen LogP contribution is 2.40. The number of phenols is 1. The summed E-state index contributed by atoms with van der Waals surface area (Å²) in [5.41, 5.74) is 1.12. The predicted octanol–water partition coefficient (Wildman–Crippen LogP) is 2.57. The number of ketones is 1. The average molecular weight is 308 g/mol. The molecule has 0 aliphatic carbocycles. The van der Waals surface area contributed by atoms with Gasteiger partial charge in [0.05, 0.1) is 5.69 Å². The Bertz CT molecular complexity index is 859. The number of phenolic OH excluding ortho intramolecular Hbond substituents is 1. The van der Waals surface area contributed by atoms with Crippen molar-refractivity contribution in [1.29, 1.82) is 0 Å². The highest BCUT2D eigenvalue weighted by molar-refractivity contribution is 6.28. The van der Waals surface area contributed by atoms with Gasteiger partial charge in [0.1, 0.15) is 11.6 Å². The van der Waals surface area contributed by atoms with E-state index >= 15 is 0 Å². The molecule has 1 saturated heterocycles. The van der Waals surface area contributed by atoms with E-state index in [0.717, 1.165) is 5.56 Å². The maximum absolute atomic E-state index is 12.8. The number of hydrogen-bond donors (Lipinski definition) is 2. The fourth-order valence-corrected chi connectivity index (χ4v) is 3.26. The first-order chi connectivity index (χ1) is 11.0. The van der Waals surface area contributed by atoms with E-state index in [4.69, 9.17) is 0 Å². The van der Waals surface area contributed by atoms with Crippen LogP contribution in [0.15, 0.2) is 47.5 Å². The zero-order valence-corrected chi connectivity index (χ0v) is 12.7. The summed E-state index contributed by atoms with van der Waals surface area (Å²) in [4.78, 5) is 19.1. The van der Waals surface area contributed by atoms with Crippen LogP contribution in [0.25, 0.3) is 0 Å². The Balaban J connectivity index is 1.87. The Morgan fingerprint density at radius 2 is 2.04 bits per heavy atom. The quantitative estimate of drug-likeness (QED) is 0.849. The lowest BCUT2D eigenvalue weighted by Gasteiger charge is -2.29. The summed E-state index contributed by atoms with van der Waals surface area (Å²) in [5.74, 6) is 0.171. The number of aryl methyl sites for hydroxylation is 1. The first kappa shape index (κ1) is 14.0. The van der Waals surface area contributed by atoms with Gasteiger partial charge >= 0.3 is 0 Å². The molecule has 116 valence electrons. The topological polar surface area (TPSA) is 73.1 Å². The molecule has 1 atom stereocenters. The van der Waals surface area contributed by atoms with E-state index in [1.165, 1.54) is 0 Å². The number of carbonyl (C=O) groups is 1. The fourth-order valence-electron chi connectivity index (χ4n) is 3.26. The van der Waals surface area contributed by atoms with E-state index < -0.39 is 5.60 Å². The van der Waals surface area contributed by atoms with E-state index in [-0.39, 0.29) is 18.0 Å². The molecule has 23 heavy (non-hydrogen) atoms. The van der Waals surface area contributed by atoms with Gasteiger partial charge in [0, 0.05) is 30.3 Å². The molecule has 0 aromatic heterocycles. The van der Waals surface area contributed by atoms with Crippen LogP contribution in [0.4, 0.5) is 11.4 Å². The molecule has 0 spiro atoms. The number of Topliss-reactive ketones (excluding diaryl/α,β-unsaturated/α-hetero) is 1. The monoisotopic (exact) mass is 308 g/mol. The van der Waals surface area contributed by atoms with Crippen LogP contribution in [0.3, 0.4) is 0 Å².